The Morgan fingerprint density at radius 1 is 1.26 bits per heavy atom. The SMILES string of the molecule is CNN=Cc1cc2c(Cl)ccc(-n3c(=O)cc(C(F)(F)F)n(C)c3=O)c2o1. The third-order valence-electron chi connectivity index (χ3n) is 3.80. The summed E-state index contributed by atoms with van der Waals surface area (Å²) in [5.41, 5.74) is -1.09. The lowest BCUT2D eigenvalue weighted by molar-refractivity contribution is -0.144. The van der Waals surface area contributed by atoms with Crippen LogP contribution in [0.2, 0.25) is 5.02 Å². The van der Waals surface area contributed by atoms with Crippen molar-refractivity contribution in [1.82, 2.24) is 14.6 Å². The highest BCUT2D eigenvalue weighted by Crippen LogP contribution is 2.31. The van der Waals surface area contributed by atoms with Crippen molar-refractivity contribution in [3.05, 3.63) is 61.6 Å². The van der Waals surface area contributed by atoms with Gasteiger partial charge in [-0.15, -0.1) is 0 Å². The molecule has 0 saturated carbocycles. The lowest BCUT2D eigenvalue weighted by Gasteiger charge is -2.14. The summed E-state index contributed by atoms with van der Waals surface area (Å²) < 4.78 is 45.5. The highest BCUT2D eigenvalue weighted by atomic mass is 35.5. The monoisotopic (exact) mass is 400 g/mol. The third-order valence-corrected chi connectivity index (χ3v) is 4.13. The summed E-state index contributed by atoms with van der Waals surface area (Å²) in [6.07, 6.45) is -3.50. The molecule has 7 nitrogen and oxygen atoms in total. The molecule has 11 heteroatoms. The van der Waals surface area contributed by atoms with Crippen molar-refractivity contribution in [2.24, 2.45) is 12.1 Å². The van der Waals surface area contributed by atoms with Crippen molar-refractivity contribution >= 4 is 28.8 Å². The van der Waals surface area contributed by atoms with E-state index in [0.29, 0.717) is 20.6 Å². The number of rotatable bonds is 3. The molecule has 27 heavy (non-hydrogen) atoms. The number of nitrogens with one attached hydrogen (secondary N) is 1. The van der Waals surface area contributed by atoms with Gasteiger partial charge >= 0.3 is 11.9 Å². The van der Waals surface area contributed by atoms with Gasteiger partial charge in [-0.1, -0.05) is 11.6 Å². The van der Waals surface area contributed by atoms with Crippen LogP contribution in [0.4, 0.5) is 13.2 Å². The molecule has 2 heterocycles. The van der Waals surface area contributed by atoms with E-state index < -0.39 is 23.1 Å². The Morgan fingerprint density at radius 3 is 2.59 bits per heavy atom. The van der Waals surface area contributed by atoms with Crippen molar-refractivity contribution in [1.29, 1.82) is 0 Å². The minimum Gasteiger partial charge on any atom is -0.453 e. The molecule has 142 valence electrons. The molecular weight excluding hydrogens is 389 g/mol. The van der Waals surface area contributed by atoms with Gasteiger partial charge < -0.3 is 9.84 Å². The number of halogens is 4. The van der Waals surface area contributed by atoms with Gasteiger partial charge in [0.15, 0.2) is 5.58 Å². The molecule has 3 aromatic rings. The van der Waals surface area contributed by atoms with E-state index in [1.807, 2.05) is 0 Å². The van der Waals surface area contributed by atoms with E-state index in [-0.39, 0.29) is 22.1 Å². The highest BCUT2D eigenvalue weighted by Gasteiger charge is 2.35. The van der Waals surface area contributed by atoms with Crippen LogP contribution in [0.25, 0.3) is 16.7 Å². The molecule has 0 aliphatic rings. The van der Waals surface area contributed by atoms with E-state index in [0.717, 1.165) is 7.05 Å². The van der Waals surface area contributed by atoms with Crippen LogP contribution < -0.4 is 16.7 Å². The average molecular weight is 401 g/mol. The number of alkyl halides is 3. The zero-order valence-corrected chi connectivity index (χ0v) is 14.7. The van der Waals surface area contributed by atoms with Gasteiger partial charge in [0.1, 0.15) is 11.5 Å². The first-order valence-electron chi connectivity index (χ1n) is 7.47. The van der Waals surface area contributed by atoms with E-state index in [9.17, 15) is 22.8 Å². The lowest BCUT2D eigenvalue weighted by atomic mass is 10.2. The first kappa shape index (κ1) is 18.8. The zero-order valence-electron chi connectivity index (χ0n) is 14.0. The maximum Gasteiger partial charge on any atom is 0.431 e. The summed E-state index contributed by atoms with van der Waals surface area (Å²) in [4.78, 5) is 24.8. The molecule has 1 N–H and O–H groups in total. The summed E-state index contributed by atoms with van der Waals surface area (Å²) in [5.74, 6) is 0.269. The van der Waals surface area contributed by atoms with Crippen LogP contribution in [0, 0.1) is 0 Å². The first-order valence-corrected chi connectivity index (χ1v) is 7.85. The van der Waals surface area contributed by atoms with Crippen molar-refractivity contribution in [3.8, 4) is 5.69 Å². The van der Waals surface area contributed by atoms with Crippen molar-refractivity contribution < 1.29 is 17.6 Å². The lowest BCUT2D eigenvalue weighted by Crippen LogP contribution is -2.40. The molecule has 0 saturated heterocycles. The molecular formula is C16H12ClF3N4O3. The number of nitrogens with zero attached hydrogens (tertiary/aromatic N) is 3. The summed E-state index contributed by atoms with van der Waals surface area (Å²) in [6, 6.07) is 4.62. The highest BCUT2D eigenvalue weighted by molar-refractivity contribution is 6.35. The van der Waals surface area contributed by atoms with Crippen LogP contribution in [0.1, 0.15) is 11.5 Å². The molecule has 0 bridgehead atoms. The zero-order chi connectivity index (χ0) is 19.9. The third kappa shape index (κ3) is 3.23. The Bertz CT molecular complexity index is 1170. The van der Waals surface area contributed by atoms with Gasteiger partial charge in [0.05, 0.1) is 16.9 Å². The van der Waals surface area contributed by atoms with Crippen LogP contribution in [0.5, 0.6) is 0 Å². The largest absolute Gasteiger partial charge is 0.453 e. The van der Waals surface area contributed by atoms with Crippen LogP contribution >= 0.6 is 11.6 Å². The van der Waals surface area contributed by atoms with Gasteiger partial charge in [-0.25, -0.2) is 9.36 Å². The van der Waals surface area contributed by atoms with Crippen LogP contribution in [-0.4, -0.2) is 22.4 Å². The Kier molecular flexibility index (Phi) is 4.60. The molecule has 0 unspecified atom stereocenters. The van der Waals surface area contributed by atoms with E-state index in [1.54, 1.807) is 7.05 Å². The standard InChI is InChI=1S/C16H12ClF3N4O3/c1-21-22-7-8-5-9-10(17)3-4-11(14(9)27-8)24-13(25)6-12(16(18,19)20)23(2)15(24)26/h3-7,21H,1-2H3. The second-order valence-electron chi connectivity index (χ2n) is 5.48. The minimum absolute atomic E-state index is 0.0298. The van der Waals surface area contributed by atoms with E-state index in [1.165, 1.54) is 24.4 Å². The fraction of sp³-hybridized carbons (Fsp3) is 0.188. The molecule has 3 rings (SSSR count). The van der Waals surface area contributed by atoms with Gasteiger partial charge in [-0.3, -0.25) is 9.36 Å². The van der Waals surface area contributed by atoms with Gasteiger partial charge in [-0.2, -0.15) is 18.3 Å². The van der Waals surface area contributed by atoms with Crippen LogP contribution in [0.15, 0.2) is 43.4 Å². The number of hydrazone groups is 1. The average Bonchev–Trinajstić information content (AvgIpc) is 3.02. The van der Waals surface area contributed by atoms with Crippen LogP contribution in [-0.2, 0) is 13.2 Å². The molecule has 2 aromatic heterocycles. The number of hydrogen-bond acceptors (Lipinski definition) is 5. The number of aromatic nitrogens is 2. The predicted octanol–water partition coefficient (Wildman–Crippen LogP) is 2.51. The van der Waals surface area contributed by atoms with Gasteiger partial charge in [0, 0.05) is 25.5 Å². The fourth-order valence-electron chi connectivity index (χ4n) is 2.58. The molecule has 0 amide bonds. The molecule has 0 aliphatic heterocycles. The number of hydrogen-bond donors (Lipinski definition) is 1. The van der Waals surface area contributed by atoms with Gasteiger partial charge in [0.25, 0.3) is 5.56 Å². The van der Waals surface area contributed by atoms with Crippen molar-refractivity contribution in [2.45, 2.75) is 6.18 Å². The van der Waals surface area contributed by atoms with Gasteiger partial charge in [0.2, 0.25) is 0 Å². The summed E-state index contributed by atoms with van der Waals surface area (Å²) in [7, 11) is 2.50. The second-order valence-corrected chi connectivity index (χ2v) is 5.89. The summed E-state index contributed by atoms with van der Waals surface area (Å²) in [6.45, 7) is 0. The molecule has 0 fully saturated rings. The predicted molar refractivity (Wildman–Crippen MR) is 93.7 cm³/mol. The Labute approximate surface area is 154 Å². The number of furan rings is 1. The van der Waals surface area contributed by atoms with E-state index in [2.05, 4.69) is 10.5 Å². The molecule has 0 atom stereocenters. The summed E-state index contributed by atoms with van der Waals surface area (Å²) in [5, 5.41) is 4.44. The summed E-state index contributed by atoms with van der Waals surface area (Å²) >= 11 is 6.12. The first-order chi connectivity index (χ1) is 12.6. The quantitative estimate of drug-likeness (QED) is 0.541. The van der Waals surface area contributed by atoms with E-state index in [4.69, 9.17) is 16.0 Å². The topological polar surface area (TPSA) is 81.5 Å². The molecule has 0 radical (unpaired) electrons. The number of benzene rings is 1. The molecule has 1 aromatic carbocycles. The Morgan fingerprint density at radius 2 is 1.96 bits per heavy atom. The normalized spacial score (nSPS) is 12.2. The maximum absolute atomic E-state index is 13.0. The smallest absolute Gasteiger partial charge is 0.431 e. The maximum atomic E-state index is 13.0. The van der Waals surface area contributed by atoms with Gasteiger partial charge in [-0.05, 0) is 18.2 Å². The minimum atomic E-state index is -4.84. The molecule has 0 aliphatic carbocycles. The molecule has 0 spiro atoms. The second kappa shape index (κ2) is 6.62. The number of fused-ring (bicyclic) bond motifs is 1. The Hall–Kier alpha value is -3.01. The fourth-order valence-corrected chi connectivity index (χ4v) is 2.79. The van der Waals surface area contributed by atoms with E-state index >= 15 is 0 Å². The van der Waals surface area contributed by atoms with Crippen LogP contribution in [0.3, 0.4) is 0 Å². The Balaban J connectivity index is 2.34. The van der Waals surface area contributed by atoms with Crippen molar-refractivity contribution in [3.63, 3.8) is 0 Å². The van der Waals surface area contributed by atoms with Crippen molar-refractivity contribution in [2.75, 3.05) is 7.05 Å².